The van der Waals surface area contributed by atoms with Crippen LogP contribution in [0.1, 0.15) is 35.7 Å². The number of carbonyl (C=O) groups excluding carboxylic acids is 4. The maximum absolute atomic E-state index is 12.2. The van der Waals surface area contributed by atoms with Gasteiger partial charge >= 0.3 is 5.97 Å². The molecule has 8 heteroatoms. The van der Waals surface area contributed by atoms with E-state index in [1.165, 1.54) is 0 Å². The molecule has 0 spiro atoms. The number of rotatable bonds is 8. The molecule has 0 bridgehead atoms. The van der Waals surface area contributed by atoms with Crippen LogP contribution in [0, 0.1) is 0 Å². The Kier molecular flexibility index (Phi) is 7.37. The Morgan fingerprint density at radius 2 is 1.87 bits per heavy atom. The lowest BCUT2D eigenvalue weighted by molar-refractivity contribution is -0.146. The summed E-state index contributed by atoms with van der Waals surface area (Å²) in [7, 11) is 0. The van der Waals surface area contributed by atoms with Crippen LogP contribution in [0.15, 0.2) is 48.5 Å². The van der Waals surface area contributed by atoms with E-state index in [1.54, 1.807) is 35.2 Å². The Hall–Kier alpha value is -3.68. The summed E-state index contributed by atoms with van der Waals surface area (Å²) in [5, 5.41) is 5.12. The first-order chi connectivity index (χ1) is 15.0. The number of nitrogens with zero attached hydrogens (tertiary/aromatic N) is 1. The van der Waals surface area contributed by atoms with E-state index < -0.39 is 24.4 Å². The van der Waals surface area contributed by atoms with Crippen LogP contribution in [-0.4, -0.2) is 43.4 Å². The Labute approximate surface area is 180 Å². The fourth-order valence-electron chi connectivity index (χ4n) is 3.23. The Balaban J connectivity index is 1.41. The van der Waals surface area contributed by atoms with Crippen molar-refractivity contribution in [2.45, 2.75) is 26.2 Å². The molecule has 0 aromatic heterocycles. The molecule has 0 saturated carbocycles. The molecule has 0 radical (unpaired) electrons. The van der Waals surface area contributed by atoms with Crippen LogP contribution in [0.5, 0.6) is 0 Å². The molecule has 3 rings (SSSR count). The molecule has 0 atom stereocenters. The van der Waals surface area contributed by atoms with E-state index in [-0.39, 0.29) is 12.5 Å². The van der Waals surface area contributed by atoms with Crippen LogP contribution in [0.25, 0.3) is 0 Å². The van der Waals surface area contributed by atoms with E-state index in [0.717, 1.165) is 24.1 Å². The number of ether oxygens (including phenoxy) is 1. The monoisotopic (exact) mass is 423 g/mol. The minimum atomic E-state index is -0.718. The van der Waals surface area contributed by atoms with Crippen molar-refractivity contribution in [1.82, 2.24) is 5.32 Å². The molecule has 31 heavy (non-hydrogen) atoms. The van der Waals surface area contributed by atoms with Gasteiger partial charge in [0.25, 0.3) is 11.8 Å². The topological polar surface area (TPSA) is 105 Å². The fraction of sp³-hybridized carbons (Fsp3) is 0.304. The number of aryl methyl sites for hydroxylation is 1. The Bertz CT molecular complexity index is 971. The van der Waals surface area contributed by atoms with Crippen molar-refractivity contribution < 1.29 is 23.9 Å². The highest BCUT2D eigenvalue weighted by atomic mass is 16.5. The average molecular weight is 423 g/mol. The van der Waals surface area contributed by atoms with Gasteiger partial charge in [-0.2, -0.15) is 0 Å². The van der Waals surface area contributed by atoms with Gasteiger partial charge in [0, 0.05) is 29.9 Å². The molecule has 1 saturated heterocycles. The third-order valence-electron chi connectivity index (χ3n) is 4.89. The van der Waals surface area contributed by atoms with Crippen molar-refractivity contribution >= 4 is 35.1 Å². The second-order valence-corrected chi connectivity index (χ2v) is 7.14. The van der Waals surface area contributed by atoms with Gasteiger partial charge in [0.15, 0.2) is 6.61 Å². The first kappa shape index (κ1) is 22.0. The number of anilines is 2. The second-order valence-electron chi connectivity index (χ2n) is 7.14. The van der Waals surface area contributed by atoms with E-state index >= 15 is 0 Å². The van der Waals surface area contributed by atoms with Crippen molar-refractivity contribution in [3.05, 3.63) is 59.7 Å². The molecule has 0 aliphatic carbocycles. The summed E-state index contributed by atoms with van der Waals surface area (Å²) >= 11 is 0. The van der Waals surface area contributed by atoms with E-state index in [1.807, 2.05) is 25.1 Å². The van der Waals surface area contributed by atoms with Gasteiger partial charge in [-0.1, -0.05) is 19.1 Å². The van der Waals surface area contributed by atoms with E-state index in [2.05, 4.69) is 10.6 Å². The standard InChI is InChI=1S/C23H25N3O5/c1-2-16-5-3-6-18(13-16)25-20(27)15-31-22(29)14-24-23(30)17-8-10-19(11-9-17)26-12-4-7-21(26)28/h3,5-6,8-11,13H,2,4,7,12,14-15H2,1H3,(H,24,30)(H,25,27). The van der Waals surface area contributed by atoms with E-state index in [0.29, 0.717) is 24.2 Å². The summed E-state index contributed by atoms with van der Waals surface area (Å²) in [5.41, 5.74) is 2.82. The molecule has 2 N–H and O–H groups in total. The van der Waals surface area contributed by atoms with Crippen LogP contribution in [0.4, 0.5) is 11.4 Å². The predicted molar refractivity (Wildman–Crippen MR) is 116 cm³/mol. The molecular formula is C23H25N3O5. The number of amides is 3. The Morgan fingerprint density at radius 3 is 2.55 bits per heavy atom. The first-order valence-corrected chi connectivity index (χ1v) is 10.2. The minimum absolute atomic E-state index is 0.0713. The summed E-state index contributed by atoms with van der Waals surface area (Å²) in [6, 6.07) is 14.0. The number of esters is 1. The van der Waals surface area contributed by atoms with Crippen molar-refractivity contribution in [1.29, 1.82) is 0 Å². The highest BCUT2D eigenvalue weighted by Gasteiger charge is 2.21. The van der Waals surface area contributed by atoms with Crippen molar-refractivity contribution in [2.75, 3.05) is 29.9 Å². The highest BCUT2D eigenvalue weighted by molar-refractivity contribution is 5.98. The van der Waals surface area contributed by atoms with E-state index in [4.69, 9.17) is 4.74 Å². The van der Waals surface area contributed by atoms with Gasteiger partial charge in [-0.3, -0.25) is 19.2 Å². The lowest BCUT2D eigenvalue weighted by Gasteiger charge is -2.15. The molecule has 3 amide bonds. The smallest absolute Gasteiger partial charge is 0.325 e. The number of hydrogen-bond acceptors (Lipinski definition) is 5. The summed E-state index contributed by atoms with van der Waals surface area (Å²) in [6.07, 6.45) is 2.21. The van der Waals surface area contributed by atoms with Gasteiger partial charge in [0.05, 0.1) is 0 Å². The SMILES string of the molecule is CCc1cccc(NC(=O)COC(=O)CNC(=O)c2ccc(N3CCCC3=O)cc2)c1. The predicted octanol–water partition coefficient (Wildman–Crippen LogP) is 2.29. The molecule has 1 fully saturated rings. The molecule has 1 aliphatic heterocycles. The maximum Gasteiger partial charge on any atom is 0.325 e. The van der Waals surface area contributed by atoms with E-state index in [9.17, 15) is 19.2 Å². The number of nitrogens with one attached hydrogen (secondary N) is 2. The summed E-state index contributed by atoms with van der Waals surface area (Å²) in [6.45, 7) is 1.89. The van der Waals surface area contributed by atoms with Gasteiger partial charge in [0.2, 0.25) is 5.91 Å². The lowest BCUT2D eigenvalue weighted by atomic mass is 10.1. The zero-order valence-electron chi connectivity index (χ0n) is 17.3. The quantitative estimate of drug-likeness (QED) is 0.634. The van der Waals surface area contributed by atoms with Gasteiger partial charge in [-0.05, 0) is 54.8 Å². The first-order valence-electron chi connectivity index (χ1n) is 10.2. The number of carbonyl (C=O) groups is 4. The van der Waals surface area contributed by atoms with Crippen molar-refractivity contribution in [3.8, 4) is 0 Å². The summed E-state index contributed by atoms with van der Waals surface area (Å²) < 4.78 is 4.91. The summed E-state index contributed by atoms with van der Waals surface area (Å²) in [4.78, 5) is 49.4. The second kappa shape index (κ2) is 10.4. The molecule has 1 heterocycles. The minimum Gasteiger partial charge on any atom is -0.454 e. The zero-order valence-corrected chi connectivity index (χ0v) is 17.3. The molecular weight excluding hydrogens is 398 g/mol. The third kappa shape index (κ3) is 6.15. The molecule has 0 unspecified atom stereocenters. The average Bonchev–Trinajstić information content (AvgIpc) is 3.22. The summed E-state index contributed by atoms with van der Waals surface area (Å²) in [5.74, 6) is -1.55. The molecule has 162 valence electrons. The van der Waals surface area contributed by atoms with Gasteiger partial charge in [-0.15, -0.1) is 0 Å². The largest absolute Gasteiger partial charge is 0.454 e. The van der Waals surface area contributed by atoms with Crippen molar-refractivity contribution in [3.63, 3.8) is 0 Å². The normalized spacial score (nSPS) is 13.1. The molecule has 8 nitrogen and oxygen atoms in total. The van der Waals surface area contributed by atoms with Crippen molar-refractivity contribution in [2.24, 2.45) is 0 Å². The fourth-order valence-corrected chi connectivity index (χ4v) is 3.23. The van der Waals surface area contributed by atoms with Crippen LogP contribution >= 0.6 is 0 Å². The number of benzene rings is 2. The van der Waals surface area contributed by atoms with Crippen LogP contribution < -0.4 is 15.5 Å². The maximum atomic E-state index is 12.2. The lowest BCUT2D eigenvalue weighted by Crippen LogP contribution is -2.32. The number of hydrogen-bond donors (Lipinski definition) is 2. The van der Waals surface area contributed by atoms with Gasteiger partial charge in [-0.25, -0.2) is 0 Å². The Morgan fingerprint density at radius 1 is 1.10 bits per heavy atom. The zero-order chi connectivity index (χ0) is 22.2. The molecule has 1 aliphatic rings. The van der Waals surface area contributed by atoms with Crippen LogP contribution in [0.2, 0.25) is 0 Å². The van der Waals surface area contributed by atoms with Gasteiger partial charge < -0.3 is 20.3 Å². The molecule has 2 aromatic carbocycles. The third-order valence-corrected chi connectivity index (χ3v) is 4.89. The highest BCUT2D eigenvalue weighted by Crippen LogP contribution is 2.21. The molecule has 2 aromatic rings. The van der Waals surface area contributed by atoms with Gasteiger partial charge in [0.1, 0.15) is 6.54 Å². The van der Waals surface area contributed by atoms with Crippen LogP contribution in [0.3, 0.4) is 0 Å². The van der Waals surface area contributed by atoms with Crippen LogP contribution in [-0.2, 0) is 25.5 Å².